The third-order valence-corrected chi connectivity index (χ3v) is 3.47. The van der Waals surface area contributed by atoms with Crippen molar-refractivity contribution in [3.63, 3.8) is 0 Å². The zero-order valence-corrected chi connectivity index (χ0v) is 11.2. The first-order valence-electron chi connectivity index (χ1n) is 6.49. The van der Waals surface area contributed by atoms with Gasteiger partial charge in [-0.25, -0.2) is 0 Å². The van der Waals surface area contributed by atoms with Gasteiger partial charge in [0.25, 0.3) is 5.91 Å². The number of amides is 2. The van der Waals surface area contributed by atoms with E-state index in [9.17, 15) is 9.59 Å². The van der Waals surface area contributed by atoms with Gasteiger partial charge in [0, 0.05) is 7.05 Å². The number of carbonyl (C=O) groups excluding carboxylic acids is 2. The first kappa shape index (κ1) is 13.5. The van der Waals surface area contributed by atoms with Crippen LogP contribution in [0.5, 0.6) is 0 Å². The number of carbonyl (C=O) groups is 2. The Labute approximate surface area is 112 Å². The SMILES string of the molecule is CNC(=O)c1ccccc1NC(=O)C1NCCC1C. The molecule has 1 aromatic carbocycles. The maximum absolute atomic E-state index is 12.2. The van der Waals surface area contributed by atoms with Crippen molar-refractivity contribution < 1.29 is 9.59 Å². The predicted molar refractivity (Wildman–Crippen MR) is 74.0 cm³/mol. The summed E-state index contributed by atoms with van der Waals surface area (Å²) in [5.74, 6) is 0.0249. The summed E-state index contributed by atoms with van der Waals surface area (Å²) in [6, 6.07) is 6.82. The monoisotopic (exact) mass is 261 g/mol. The topological polar surface area (TPSA) is 70.2 Å². The molecule has 0 spiro atoms. The summed E-state index contributed by atoms with van der Waals surface area (Å²) in [7, 11) is 1.57. The number of para-hydroxylation sites is 1. The van der Waals surface area contributed by atoms with E-state index in [2.05, 4.69) is 22.9 Å². The van der Waals surface area contributed by atoms with Crippen molar-refractivity contribution >= 4 is 17.5 Å². The molecule has 1 saturated heterocycles. The average molecular weight is 261 g/mol. The van der Waals surface area contributed by atoms with Crippen LogP contribution < -0.4 is 16.0 Å². The fourth-order valence-electron chi connectivity index (χ4n) is 2.32. The predicted octanol–water partition coefficient (Wildman–Crippen LogP) is 0.983. The first-order valence-corrected chi connectivity index (χ1v) is 6.49. The van der Waals surface area contributed by atoms with Crippen LogP contribution in [-0.2, 0) is 4.79 Å². The molecule has 1 heterocycles. The maximum Gasteiger partial charge on any atom is 0.253 e. The molecule has 0 saturated carbocycles. The van der Waals surface area contributed by atoms with E-state index in [0.29, 0.717) is 17.2 Å². The number of anilines is 1. The summed E-state index contributed by atoms with van der Waals surface area (Å²) >= 11 is 0. The molecule has 19 heavy (non-hydrogen) atoms. The van der Waals surface area contributed by atoms with Crippen LogP contribution in [0.15, 0.2) is 24.3 Å². The van der Waals surface area contributed by atoms with E-state index in [-0.39, 0.29) is 17.9 Å². The Morgan fingerprint density at radius 3 is 2.68 bits per heavy atom. The summed E-state index contributed by atoms with van der Waals surface area (Å²) in [6.45, 7) is 2.91. The second kappa shape index (κ2) is 5.84. The lowest BCUT2D eigenvalue weighted by molar-refractivity contribution is -0.118. The van der Waals surface area contributed by atoms with Gasteiger partial charge < -0.3 is 16.0 Å². The highest BCUT2D eigenvalue weighted by atomic mass is 16.2. The van der Waals surface area contributed by atoms with Crippen LogP contribution in [0.3, 0.4) is 0 Å². The van der Waals surface area contributed by atoms with Gasteiger partial charge in [0.05, 0.1) is 17.3 Å². The second-order valence-electron chi connectivity index (χ2n) is 4.81. The quantitative estimate of drug-likeness (QED) is 0.759. The lowest BCUT2D eigenvalue weighted by Gasteiger charge is -2.16. The number of hydrogen-bond acceptors (Lipinski definition) is 3. The average Bonchev–Trinajstić information content (AvgIpc) is 2.85. The zero-order chi connectivity index (χ0) is 13.8. The van der Waals surface area contributed by atoms with E-state index >= 15 is 0 Å². The van der Waals surface area contributed by atoms with E-state index in [0.717, 1.165) is 13.0 Å². The Hall–Kier alpha value is -1.88. The van der Waals surface area contributed by atoms with E-state index in [1.807, 2.05) is 0 Å². The number of rotatable bonds is 3. The van der Waals surface area contributed by atoms with Gasteiger partial charge in [0.1, 0.15) is 0 Å². The molecule has 2 amide bonds. The fraction of sp³-hybridized carbons (Fsp3) is 0.429. The second-order valence-corrected chi connectivity index (χ2v) is 4.81. The molecule has 1 aromatic rings. The molecule has 5 nitrogen and oxygen atoms in total. The summed E-state index contributed by atoms with van der Waals surface area (Å²) in [6.07, 6.45) is 0.995. The summed E-state index contributed by atoms with van der Waals surface area (Å²) < 4.78 is 0. The van der Waals surface area contributed by atoms with Gasteiger partial charge in [-0.15, -0.1) is 0 Å². The molecule has 1 fully saturated rings. The smallest absolute Gasteiger partial charge is 0.253 e. The van der Waals surface area contributed by atoms with E-state index in [4.69, 9.17) is 0 Å². The van der Waals surface area contributed by atoms with Crippen LogP contribution in [0, 0.1) is 5.92 Å². The maximum atomic E-state index is 12.2. The lowest BCUT2D eigenvalue weighted by Crippen LogP contribution is -2.39. The molecule has 1 aliphatic rings. The highest BCUT2D eigenvalue weighted by Gasteiger charge is 2.29. The van der Waals surface area contributed by atoms with E-state index in [1.165, 1.54) is 0 Å². The minimum absolute atomic E-state index is 0.0821. The number of benzene rings is 1. The summed E-state index contributed by atoms with van der Waals surface area (Å²) in [5, 5.41) is 8.58. The Balaban J connectivity index is 2.14. The Kier molecular flexibility index (Phi) is 4.16. The molecule has 0 bridgehead atoms. The Bertz CT molecular complexity index is 487. The molecule has 2 unspecified atom stereocenters. The van der Waals surface area contributed by atoms with Crippen LogP contribution in [-0.4, -0.2) is 31.4 Å². The van der Waals surface area contributed by atoms with Crippen molar-refractivity contribution in [1.29, 1.82) is 0 Å². The normalized spacial score (nSPS) is 22.0. The Morgan fingerprint density at radius 1 is 1.32 bits per heavy atom. The van der Waals surface area contributed by atoms with Crippen molar-refractivity contribution in [3.05, 3.63) is 29.8 Å². The summed E-state index contributed by atoms with van der Waals surface area (Å²) in [4.78, 5) is 23.9. The Morgan fingerprint density at radius 2 is 2.05 bits per heavy atom. The summed E-state index contributed by atoms with van der Waals surface area (Å²) in [5.41, 5.74) is 1.02. The van der Waals surface area contributed by atoms with Crippen LogP contribution in [0.1, 0.15) is 23.7 Å². The van der Waals surface area contributed by atoms with Crippen molar-refractivity contribution in [2.75, 3.05) is 18.9 Å². The molecular weight excluding hydrogens is 242 g/mol. The number of hydrogen-bond donors (Lipinski definition) is 3. The minimum Gasteiger partial charge on any atom is -0.355 e. The van der Waals surface area contributed by atoms with Gasteiger partial charge in [-0.3, -0.25) is 9.59 Å². The van der Waals surface area contributed by atoms with E-state index in [1.54, 1.807) is 31.3 Å². The van der Waals surface area contributed by atoms with Crippen LogP contribution in [0.2, 0.25) is 0 Å². The third-order valence-electron chi connectivity index (χ3n) is 3.47. The number of nitrogens with one attached hydrogen (secondary N) is 3. The third kappa shape index (κ3) is 2.93. The van der Waals surface area contributed by atoms with Crippen LogP contribution in [0.25, 0.3) is 0 Å². The lowest BCUT2D eigenvalue weighted by atomic mass is 10.0. The zero-order valence-electron chi connectivity index (χ0n) is 11.2. The van der Waals surface area contributed by atoms with Crippen molar-refractivity contribution in [2.24, 2.45) is 5.92 Å². The van der Waals surface area contributed by atoms with Gasteiger partial charge in [-0.1, -0.05) is 19.1 Å². The molecule has 2 rings (SSSR count). The van der Waals surface area contributed by atoms with Crippen molar-refractivity contribution in [3.8, 4) is 0 Å². The van der Waals surface area contributed by atoms with Crippen molar-refractivity contribution in [2.45, 2.75) is 19.4 Å². The molecule has 2 atom stereocenters. The minimum atomic E-state index is -0.205. The highest BCUT2D eigenvalue weighted by molar-refractivity contribution is 6.04. The molecule has 5 heteroatoms. The molecule has 0 radical (unpaired) electrons. The fourth-order valence-corrected chi connectivity index (χ4v) is 2.32. The van der Waals surface area contributed by atoms with Crippen LogP contribution >= 0.6 is 0 Å². The van der Waals surface area contributed by atoms with Gasteiger partial charge >= 0.3 is 0 Å². The highest BCUT2D eigenvalue weighted by Crippen LogP contribution is 2.19. The molecule has 1 aliphatic heterocycles. The van der Waals surface area contributed by atoms with Gasteiger partial charge in [-0.2, -0.15) is 0 Å². The van der Waals surface area contributed by atoms with Gasteiger partial charge in [-0.05, 0) is 31.0 Å². The molecule has 0 aliphatic carbocycles. The molecular formula is C14H19N3O2. The van der Waals surface area contributed by atoms with Crippen molar-refractivity contribution in [1.82, 2.24) is 10.6 Å². The van der Waals surface area contributed by atoms with Gasteiger partial charge in [0.2, 0.25) is 5.91 Å². The van der Waals surface area contributed by atoms with Gasteiger partial charge in [0.15, 0.2) is 0 Å². The first-order chi connectivity index (χ1) is 9.13. The molecule has 102 valence electrons. The largest absolute Gasteiger partial charge is 0.355 e. The van der Waals surface area contributed by atoms with Crippen LogP contribution in [0.4, 0.5) is 5.69 Å². The standard InChI is InChI=1S/C14H19N3O2/c1-9-7-8-16-12(9)14(19)17-11-6-4-3-5-10(11)13(18)15-2/h3-6,9,12,16H,7-8H2,1-2H3,(H,15,18)(H,17,19). The molecule has 0 aromatic heterocycles. The molecule has 3 N–H and O–H groups in total. The van der Waals surface area contributed by atoms with E-state index < -0.39 is 0 Å².